The number of nitrogens with zero attached hydrogens (tertiary/aromatic N) is 1. The van der Waals surface area contributed by atoms with Crippen molar-refractivity contribution in [2.75, 3.05) is 13.1 Å². The summed E-state index contributed by atoms with van der Waals surface area (Å²) in [6.45, 7) is 7.96. The van der Waals surface area contributed by atoms with E-state index in [1.54, 1.807) is 0 Å². The average molecular weight is 281 g/mol. The molecule has 106 valence electrons. The van der Waals surface area contributed by atoms with E-state index in [1.165, 1.54) is 9.75 Å². The lowest BCUT2D eigenvalue weighted by atomic mass is 9.83. The van der Waals surface area contributed by atoms with Crippen LogP contribution in [-0.2, 0) is 4.79 Å². The highest BCUT2D eigenvalue weighted by Gasteiger charge is 2.45. The van der Waals surface area contributed by atoms with E-state index in [0.29, 0.717) is 12.6 Å². The number of carbonyl (C=O) groups is 1. The standard InChI is InChI=1S/C15H23NO2S/c1-4-7-15(14(17)18)8-9-16(10-15)12(3)13-6-5-11(2)19-13/h5-6,12H,4,7-10H2,1-3H3,(H,17,18). The summed E-state index contributed by atoms with van der Waals surface area (Å²) < 4.78 is 0. The van der Waals surface area contributed by atoms with Crippen LogP contribution in [0.4, 0.5) is 0 Å². The van der Waals surface area contributed by atoms with Gasteiger partial charge in [0.25, 0.3) is 0 Å². The minimum absolute atomic E-state index is 0.330. The number of hydrogen-bond acceptors (Lipinski definition) is 3. The van der Waals surface area contributed by atoms with Gasteiger partial charge in [0, 0.05) is 22.3 Å². The summed E-state index contributed by atoms with van der Waals surface area (Å²) in [6, 6.07) is 4.64. The Kier molecular flexibility index (Phi) is 4.31. The van der Waals surface area contributed by atoms with Crippen LogP contribution in [0, 0.1) is 12.3 Å². The van der Waals surface area contributed by atoms with Gasteiger partial charge in [0.1, 0.15) is 0 Å². The highest BCUT2D eigenvalue weighted by Crippen LogP contribution is 2.40. The molecule has 1 aliphatic heterocycles. The van der Waals surface area contributed by atoms with Gasteiger partial charge in [0.2, 0.25) is 0 Å². The first-order valence-electron chi connectivity index (χ1n) is 7.02. The van der Waals surface area contributed by atoms with Crippen molar-refractivity contribution in [3.63, 3.8) is 0 Å². The third-order valence-corrected chi connectivity index (χ3v) is 5.46. The van der Waals surface area contributed by atoms with Crippen LogP contribution in [0.15, 0.2) is 12.1 Å². The van der Waals surface area contributed by atoms with Gasteiger partial charge >= 0.3 is 5.97 Å². The molecular weight excluding hydrogens is 258 g/mol. The predicted molar refractivity (Wildman–Crippen MR) is 78.6 cm³/mol. The zero-order valence-electron chi connectivity index (χ0n) is 12.0. The molecule has 1 aromatic rings. The Morgan fingerprint density at radius 2 is 2.32 bits per heavy atom. The van der Waals surface area contributed by atoms with Gasteiger partial charge < -0.3 is 5.11 Å². The lowest BCUT2D eigenvalue weighted by Crippen LogP contribution is -2.35. The van der Waals surface area contributed by atoms with Crippen LogP contribution >= 0.6 is 11.3 Å². The van der Waals surface area contributed by atoms with E-state index in [4.69, 9.17) is 0 Å². The second-order valence-electron chi connectivity index (χ2n) is 5.68. The van der Waals surface area contributed by atoms with Crippen molar-refractivity contribution < 1.29 is 9.90 Å². The van der Waals surface area contributed by atoms with E-state index in [2.05, 4.69) is 37.8 Å². The van der Waals surface area contributed by atoms with E-state index in [1.807, 2.05) is 11.3 Å². The van der Waals surface area contributed by atoms with Crippen LogP contribution in [0.2, 0.25) is 0 Å². The monoisotopic (exact) mass is 281 g/mol. The average Bonchev–Trinajstić information content (AvgIpc) is 2.96. The molecule has 0 amide bonds. The van der Waals surface area contributed by atoms with Gasteiger partial charge in [-0.05, 0) is 45.4 Å². The van der Waals surface area contributed by atoms with E-state index < -0.39 is 11.4 Å². The van der Waals surface area contributed by atoms with Gasteiger partial charge in [-0.2, -0.15) is 0 Å². The summed E-state index contributed by atoms with van der Waals surface area (Å²) in [4.78, 5) is 16.6. The quantitative estimate of drug-likeness (QED) is 0.894. The van der Waals surface area contributed by atoms with Gasteiger partial charge in [-0.15, -0.1) is 11.3 Å². The summed E-state index contributed by atoms with van der Waals surface area (Å²) in [5.41, 5.74) is -0.519. The molecule has 2 heterocycles. The maximum Gasteiger partial charge on any atom is 0.310 e. The number of aliphatic carboxylic acids is 1. The van der Waals surface area contributed by atoms with Gasteiger partial charge in [-0.3, -0.25) is 9.69 Å². The molecule has 0 saturated carbocycles. The number of thiophene rings is 1. The first kappa shape index (κ1) is 14.5. The molecule has 1 saturated heterocycles. The minimum atomic E-state index is -0.619. The Hall–Kier alpha value is -0.870. The highest BCUT2D eigenvalue weighted by molar-refractivity contribution is 7.12. The Bertz CT molecular complexity index is 457. The molecule has 1 N–H and O–H groups in total. The Balaban J connectivity index is 2.10. The summed E-state index contributed by atoms with van der Waals surface area (Å²) in [6.07, 6.45) is 2.51. The van der Waals surface area contributed by atoms with Crippen molar-refractivity contribution in [1.82, 2.24) is 4.90 Å². The first-order valence-corrected chi connectivity index (χ1v) is 7.84. The maximum atomic E-state index is 11.6. The van der Waals surface area contributed by atoms with Crippen molar-refractivity contribution >= 4 is 17.3 Å². The van der Waals surface area contributed by atoms with Crippen LogP contribution in [-0.4, -0.2) is 29.1 Å². The van der Waals surface area contributed by atoms with Crippen LogP contribution in [0.25, 0.3) is 0 Å². The van der Waals surface area contributed by atoms with Crippen molar-refractivity contribution in [1.29, 1.82) is 0 Å². The third kappa shape index (κ3) is 2.84. The Morgan fingerprint density at radius 1 is 1.58 bits per heavy atom. The number of carboxylic acid groups (broad SMARTS) is 1. The first-order chi connectivity index (χ1) is 8.98. The molecule has 1 fully saturated rings. The summed E-state index contributed by atoms with van der Waals surface area (Å²) in [5, 5.41) is 9.55. The highest BCUT2D eigenvalue weighted by atomic mass is 32.1. The van der Waals surface area contributed by atoms with Gasteiger partial charge in [-0.25, -0.2) is 0 Å². The van der Waals surface area contributed by atoms with Gasteiger partial charge in [-0.1, -0.05) is 13.3 Å². The minimum Gasteiger partial charge on any atom is -0.481 e. The molecule has 0 aliphatic carbocycles. The van der Waals surface area contributed by atoms with Crippen molar-refractivity contribution in [3.8, 4) is 0 Å². The maximum absolute atomic E-state index is 11.6. The predicted octanol–water partition coefficient (Wildman–Crippen LogP) is 3.69. The molecule has 0 aromatic carbocycles. The van der Waals surface area contributed by atoms with Crippen LogP contribution in [0.3, 0.4) is 0 Å². The molecule has 1 aromatic heterocycles. The van der Waals surface area contributed by atoms with Crippen molar-refractivity contribution in [2.24, 2.45) is 5.41 Å². The summed E-state index contributed by atoms with van der Waals surface area (Å²) in [7, 11) is 0. The smallest absolute Gasteiger partial charge is 0.310 e. The number of carboxylic acids is 1. The largest absolute Gasteiger partial charge is 0.481 e. The molecule has 0 bridgehead atoms. The fourth-order valence-electron chi connectivity index (χ4n) is 3.06. The lowest BCUT2D eigenvalue weighted by Gasteiger charge is -2.27. The van der Waals surface area contributed by atoms with Gasteiger partial charge in [0.05, 0.1) is 5.41 Å². The molecule has 2 atom stereocenters. The van der Waals surface area contributed by atoms with E-state index in [-0.39, 0.29) is 0 Å². The number of likely N-dealkylation sites (tertiary alicyclic amines) is 1. The lowest BCUT2D eigenvalue weighted by molar-refractivity contribution is -0.148. The Morgan fingerprint density at radius 3 is 2.84 bits per heavy atom. The van der Waals surface area contributed by atoms with Crippen molar-refractivity contribution in [3.05, 3.63) is 21.9 Å². The zero-order valence-corrected chi connectivity index (χ0v) is 12.8. The molecule has 2 rings (SSSR count). The number of rotatable bonds is 5. The van der Waals surface area contributed by atoms with Crippen LogP contribution < -0.4 is 0 Å². The molecule has 2 unspecified atom stereocenters. The second-order valence-corrected chi connectivity index (χ2v) is 7.00. The topological polar surface area (TPSA) is 40.5 Å². The molecule has 1 aliphatic rings. The summed E-state index contributed by atoms with van der Waals surface area (Å²) in [5.74, 6) is -0.619. The second kappa shape index (κ2) is 5.63. The molecule has 4 heteroatoms. The molecular formula is C15H23NO2S. The fraction of sp³-hybridized carbons (Fsp3) is 0.667. The Labute approximate surface area is 119 Å². The molecule has 0 spiro atoms. The molecule has 0 radical (unpaired) electrons. The molecule has 19 heavy (non-hydrogen) atoms. The number of aryl methyl sites for hydroxylation is 1. The number of hydrogen-bond donors (Lipinski definition) is 1. The van der Waals surface area contributed by atoms with E-state index in [9.17, 15) is 9.90 Å². The van der Waals surface area contributed by atoms with E-state index >= 15 is 0 Å². The van der Waals surface area contributed by atoms with Gasteiger partial charge in [0.15, 0.2) is 0 Å². The third-order valence-electron chi connectivity index (χ3n) is 4.29. The van der Waals surface area contributed by atoms with Crippen molar-refractivity contribution in [2.45, 2.75) is 46.1 Å². The fourth-order valence-corrected chi connectivity index (χ4v) is 4.02. The zero-order chi connectivity index (χ0) is 14.0. The normalized spacial score (nSPS) is 25.6. The van der Waals surface area contributed by atoms with Crippen LogP contribution in [0.5, 0.6) is 0 Å². The SMILES string of the molecule is CCCC1(C(=O)O)CCN(C(C)c2ccc(C)s2)C1. The molecule has 3 nitrogen and oxygen atoms in total. The van der Waals surface area contributed by atoms with Crippen LogP contribution in [0.1, 0.15) is 48.9 Å². The van der Waals surface area contributed by atoms with E-state index in [0.717, 1.165) is 25.8 Å². The summed E-state index contributed by atoms with van der Waals surface area (Å²) >= 11 is 1.82.